The molecule has 0 atom stereocenters. The molecule has 0 bridgehead atoms. The van der Waals surface area contributed by atoms with E-state index in [-0.39, 0.29) is 17.9 Å². The lowest BCUT2D eigenvalue weighted by Crippen LogP contribution is -2.35. The summed E-state index contributed by atoms with van der Waals surface area (Å²) in [6.07, 6.45) is 0. The van der Waals surface area contributed by atoms with Crippen molar-refractivity contribution < 1.29 is 14.1 Å². The Labute approximate surface area is 148 Å². The summed E-state index contributed by atoms with van der Waals surface area (Å²) < 4.78 is 4.84. The number of aromatic amines is 1. The molecule has 3 rings (SSSR count). The normalized spacial score (nSPS) is 10.7. The number of hydrogen-bond donors (Lipinski definition) is 3. The molecule has 0 radical (unpaired) electrons. The highest BCUT2D eigenvalue weighted by molar-refractivity contribution is 6.00. The second-order valence-corrected chi connectivity index (χ2v) is 6.11. The van der Waals surface area contributed by atoms with Crippen molar-refractivity contribution in [3.8, 4) is 0 Å². The van der Waals surface area contributed by atoms with Crippen molar-refractivity contribution in [3.05, 3.63) is 57.1 Å². The Kier molecular flexibility index (Phi) is 4.57. The van der Waals surface area contributed by atoms with E-state index in [4.69, 9.17) is 4.52 Å². The summed E-state index contributed by atoms with van der Waals surface area (Å²) in [6.45, 7) is 5.23. The fourth-order valence-corrected chi connectivity index (χ4v) is 2.72. The highest BCUT2D eigenvalue weighted by Crippen LogP contribution is 2.18. The first-order valence-corrected chi connectivity index (χ1v) is 7.99. The molecule has 2 amide bonds. The lowest BCUT2D eigenvalue weighted by molar-refractivity contribution is -0.115. The Bertz CT molecular complexity index is 1060. The van der Waals surface area contributed by atoms with Gasteiger partial charge in [0.1, 0.15) is 11.3 Å². The zero-order valence-corrected chi connectivity index (χ0v) is 14.6. The number of H-pyrrole nitrogens is 1. The molecule has 0 saturated carbocycles. The SMILES string of the molecule is Cc1cc(C)c2[nH]c(=O)c(C(=O)NCC(=O)Nc3cc(C)on3)cc2c1. The van der Waals surface area contributed by atoms with Gasteiger partial charge in [0.05, 0.1) is 12.1 Å². The van der Waals surface area contributed by atoms with Crippen molar-refractivity contribution >= 4 is 28.5 Å². The molecule has 8 nitrogen and oxygen atoms in total. The molecule has 2 aromatic heterocycles. The summed E-state index contributed by atoms with van der Waals surface area (Å²) >= 11 is 0. The lowest BCUT2D eigenvalue weighted by atomic mass is 10.1. The molecule has 1 aromatic carbocycles. The minimum Gasteiger partial charge on any atom is -0.360 e. The largest absolute Gasteiger partial charge is 0.360 e. The standard InChI is InChI=1S/C18H18N4O4/c1-9-4-10(2)16-12(5-9)7-13(18(25)21-16)17(24)19-8-15(23)20-14-6-11(3)26-22-14/h4-7H,8H2,1-3H3,(H,19,24)(H,21,25)(H,20,22,23). The van der Waals surface area contributed by atoms with Crippen LogP contribution in [-0.2, 0) is 4.79 Å². The molecule has 3 aromatic rings. The minimum atomic E-state index is -0.626. The van der Waals surface area contributed by atoms with E-state index in [0.29, 0.717) is 11.3 Å². The number of fused-ring (bicyclic) bond motifs is 1. The third kappa shape index (κ3) is 3.64. The van der Waals surface area contributed by atoms with Crippen LogP contribution >= 0.6 is 0 Å². The Morgan fingerprint density at radius 1 is 1.15 bits per heavy atom. The topological polar surface area (TPSA) is 117 Å². The number of carbonyl (C=O) groups is 2. The van der Waals surface area contributed by atoms with Gasteiger partial charge in [-0.15, -0.1) is 0 Å². The van der Waals surface area contributed by atoms with Crippen molar-refractivity contribution in [2.45, 2.75) is 20.8 Å². The van der Waals surface area contributed by atoms with Crippen LogP contribution in [0, 0.1) is 20.8 Å². The first-order chi connectivity index (χ1) is 12.3. The summed E-state index contributed by atoms with van der Waals surface area (Å²) in [6, 6.07) is 6.92. The summed E-state index contributed by atoms with van der Waals surface area (Å²) in [5.41, 5.74) is 2.08. The van der Waals surface area contributed by atoms with Crippen molar-refractivity contribution in [2.24, 2.45) is 0 Å². The highest BCUT2D eigenvalue weighted by Gasteiger charge is 2.14. The first kappa shape index (κ1) is 17.4. The number of anilines is 1. The maximum Gasteiger partial charge on any atom is 0.261 e. The number of hydrogen-bond acceptors (Lipinski definition) is 5. The van der Waals surface area contributed by atoms with Gasteiger partial charge in [-0.2, -0.15) is 0 Å². The third-order valence-corrected chi connectivity index (χ3v) is 3.84. The van der Waals surface area contributed by atoms with Crippen molar-refractivity contribution in [3.63, 3.8) is 0 Å². The molecular formula is C18H18N4O4. The zero-order valence-electron chi connectivity index (χ0n) is 14.6. The Morgan fingerprint density at radius 2 is 1.92 bits per heavy atom. The second kappa shape index (κ2) is 6.83. The van der Waals surface area contributed by atoms with Crippen LogP contribution in [0.5, 0.6) is 0 Å². The molecule has 8 heteroatoms. The van der Waals surface area contributed by atoms with Crippen molar-refractivity contribution in [2.75, 3.05) is 11.9 Å². The minimum absolute atomic E-state index is 0.0485. The van der Waals surface area contributed by atoms with Crippen LogP contribution in [0.4, 0.5) is 5.82 Å². The van der Waals surface area contributed by atoms with E-state index in [1.807, 2.05) is 26.0 Å². The number of nitrogens with zero attached hydrogens (tertiary/aromatic N) is 1. The van der Waals surface area contributed by atoms with Crippen LogP contribution in [-0.4, -0.2) is 28.5 Å². The average Bonchev–Trinajstić information content (AvgIpc) is 2.97. The van der Waals surface area contributed by atoms with Crippen LogP contribution in [0.15, 0.2) is 33.6 Å². The van der Waals surface area contributed by atoms with Crippen LogP contribution in [0.1, 0.15) is 27.2 Å². The van der Waals surface area contributed by atoms with Gasteiger partial charge >= 0.3 is 0 Å². The molecule has 0 spiro atoms. The monoisotopic (exact) mass is 354 g/mol. The van der Waals surface area contributed by atoms with Crippen LogP contribution in [0.2, 0.25) is 0 Å². The van der Waals surface area contributed by atoms with E-state index < -0.39 is 17.4 Å². The molecular weight excluding hydrogens is 336 g/mol. The van der Waals surface area contributed by atoms with Gasteiger partial charge in [0, 0.05) is 6.07 Å². The Balaban J connectivity index is 1.74. The van der Waals surface area contributed by atoms with Gasteiger partial charge < -0.3 is 20.1 Å². The molecule has 0 unspecified atom stereocenters. The predicted octanol–water partition coefficient (Wildman–Crippen LogP) is 1.81. The van der Waals surface area contributed by atoms with E-state index in [1.54, 1.807) is 13.0 Å². The van der Waals surface area contributed by atoms with Gasteiger partial charge in [0.25, 0.3) is 11.5 Å². The van der Waals surface area contributed by atoms with Gasteiger partial charge in [-0.1, -0.05) is 16.8 Å². The number of nitrogens with one attached hydrogen (secondary N) is 3. The Morgan fingerprint density at radius 3 is 2.62 bits per heavy atom. The quantitative estimate of drug-likeness (QED) is 0.660. The average molecular weight is 354 g/mol. The maximum absolute atomic E-state index is 12.3. The predicted molar refractivity (Wildman–Crippen MR) is 96.2 cm³/mol. The lowest BCUT2D eigenvalue weighted by Gasteiger charge is -2.08. The van der Waals surface area contributed by atoms with E-state index in [1.165, 1.54) is 6.07 Å². The molecule has 0 fully saturated rings. The number of amides is 2. The number of rotatable bonds is 4. The van der Waals surface area contributed by atoms with Crippen LogP contribution in [0.25, 0.3) is 10.9 Å². The number of pyridine rings is 1. The first-order valence-electron chi connectivity index (χ1n) is 7.99. The van der Waals surface area contributed by atoms with E-state index >= 15 is 0 Å². The summed E-state index contributed by atoms with van der Waals surface area (Å²) in [7, 11) is 0. The van der Waals surface area contributed by atoms with Gasteiger partial charge in [-0.3, -0.25) is 14.4 Å². The molecule has 0 saturated heterocycles. The van der Waals surface area contributed by atoms with Gasteiger partial charge in [0.15, 0.2) is 5.82 Å². The molecule has 0 aliphatic rings. The summed E-state index contributed by atoms with van der Waals surface area (Å²) in [5.74, 6) is -0.289. The second-order valence-electron chi connectivity index (χ2n) is 6.11. The van der Waals surface area contributed by atoms with E-state index in [9.17, 15) is 14.4 Å². The smallest absolute Gasteiger partial charge is 0.261 e. The maximum atomic E-state index is 12.3. The molecule has 26 heavy (non-hydrogen) atoms. The summed E-state index contributed by atoms with van der Waals surface area (Å²) in [4.78, 5) is 39.1. The fourth-order valence-electron chi connectivity index (χ4n) is 2.72. The van der Waals surface area contributed by atoms with Crippen LogP contribution in [0.3, 0.4) is 0 Å². The molecule has 134 valence electrons. The number of benzene rings is 1. The van der Waals surface area contributed by atoms with E-state index in [0.717, 1.165) is 16.5 Å². The number of aromatic nitrogens is 2. The van der Waals surface area contributed by atoms with Crippen molar-refractivity contribution in [1.82, 2.24) is 15.5 Å². The fraction of sp³-hybridized carbons (Fsp3) is 0.222. The number of carbonyl (C=O) groups excluding carboxylic acids is 2. The molecule has 2 heterocycles. The van der Waals surface area contributed by atoms with Gasteiger partial charge in [-0.25, -0.2) is 0 Å². The van der Waals surface area contributed by atoms with E-state index in [2.05, 4.69) is 20.8 Å². The molecule has 0 aliphatic carbocycles. The Hall–Kier alpha value is -3.42. The molecule has 3 N–H and O–H groups in total. The van der Waals surface area contributed by atoms with Crippen LogP contribution < -0.4 is 16.2 Å². The highest BCUT2D eigenvalue weighted by atomic mass is 16.5. The van der Waals surface area contributed by atoms with Crippen molar-refractivity contribution in [1.29, 1.82) is 0 Å². The third-order valence-electron chi connectivity index (χ3n) is 3.84. The molecule has 0 aliphatic heterocycles. The van der Waals surface area contributed by atoms with Gasteiger partial charge in [-0.05, 0) is 43.9 Å². The van der Waals surface area contributed by atoms with Gasteiger partial charge in [0.2, 0.25) is 5.91 Å². The summed E-state index contributed by atoms with van der Waals surface area (Å²) in [5, 5.41) is 9.31. The number of aryl methyl sites for hydroxylation is 3. The zero-order chi connectivity index (χ0) is 18.8.